The van der Waals surface area contributed by atoms with Crippen LogP contribution in [0.5, 0.6) is 0 Å². The highest BCUT2D eigenvalue weighted by Crippen LogP contribution is 2.15. The van der Waals surface area contributed by atoms with Crippen LogP contribution in [0.2, 0.25) is 0 Å². The lowest BCUT2D eigenvalue weighted by atomic mass is 9.92. The van der Waals surface area contributed by atoms with Crippen LogP contribution in [0.3, 0.4) is 0 Å². The molecule has 1 rings (SSSR count). The van der Waals surface area contributed by atoms with E-state index >= 15 is 0 Å². The second kappa shape index (κ2) is 6.48. The zero-order valence-corrected chi connectivity index (χ0v) is 9.91. The second-order valence-electron chi connectivity index (χ2n) is 4.07. The van der Waals surface area contributed by atoms with Gasteiger partial charge >= 0.3 is 5.97 Å². The third-order valence-electron chi connectivity index (χ3n) is 2.76. The van der Waals surface area contributed by atoms with Crippen molar-refractivity contribution in [1.82, 2.24) is 10.6 Å². The number of carbonyl (C=O) groups is 2. The Morgan fingerprint density at radius 1 is 1.50 bits per heavy atom. The van der Waals surface area contributed by atoms with Crippen molar-refractivity contribution in [3.8, 4) is 0 Å². The number of esters is 1. The minimum atomic E-state index is -0.390. The van der Waals surface area contributed by atoms with Crippen LogP contribution in [0.1, 0.15) is 26.7 Å². The minimum Gasteiger partial charge on any atom is -0.465 e. The van der Waals surface area contributed by atoms with Crippen molar-refractivity contribution in [2.24, 2.45) is 5.92 Å². The standard InChI is InChI=1S/C11H20N2O3/c1-3-16-9(14)7-13-11(15)10-8(2)5-4-6-12-10/h8,10,12H,3-7H2,1-2H3,(H,13,15). The monoisotopic (exact) mass is 228 g/mol. The molecule has 1 fully saturated rings. The first-order valence-corrected chi connectivity index (χ1v) is 5.82. The molecule has 1 heterocycles. The van der Waals surface area contributed by atoms with Crippen molar-refractivity contribution in [2.75, 3.05) is 19.7 Å². The SMILES string of the molecule is CCOC(=O)CNC(=O)C1NCCCC1C. The van der Waals surface area contributed by atoms with E-state index < -0.39 is 0 Å². The van der Waals surface area contributed by atoms with Gasteiger partial charge in [0, 0.05) is 0 Å². The van der Waals surface area contributed by atoms with Gasteiger partial charge in [-0.25, -0.2) is 0 Å². The molecule has 1 amide bonds. The van der Waals surface area contributed by atoms with Gasteiger partial charge in [0.15, 0.2) is 0 Å². The zero-order chi connectivity index (χ0) is 12.0. The van der Waals surface area contributed by atoms with Crippen molar-refractivity contribution in [1.29, 1.82) is 0 Å². The molecule has 2 unspecified atom stereocenters. The number of ether oxygens (including phenoxy) is 1. The normalized spacial score (nSPS) is 24.9. The Morgan fingerprint density at radius 3 is 2.88 bits per heavy atom. The van der Waals surface area contributed by atoms with Gasteiger partial charge in [0.1, 0.15) is 6.54 Å². The van der Waals surface area contributed by atoms with E-state index in [4.69, 9.17) is 4.74 Å². The van der Waals surface area contributed by atoms with E-state index in [2.05, 4.69) is 10.6 Å². The van der Waals surface area contributed by atoms with Gasteiger partial charge in [0.25, 0.3) is 0 Å². The summed E-state index contributed by atoms with van der Waals surface area (Å²) in [5, 5.41) is 5.75. The predicted octanol–water partition coefficient (Wildman–Crippen LogP) is 0.0538. The molecule has 0 spiro atoms. The number of carbonyl (C=O) groups excluding carboxylic acids is 2. The topological polar surface area (TPSA) is 67.4 Å². The fourth-order valence-electron chi connectivity index (χ4n) is 1.88. The highest BCUT2D eigenvalue weighted by molar-refractivity contribution is 5.85. The number of hydrogen-bond acceptors (Lipinski definition) is 4. The number of piperidine rings is 1. The van der Waals surface area contributed by atoms with Gasteiger partial charge in [-0.05, 0) is 32.2 Å². The first-order valence-electron chi connectivity index (χ1n) is 5.82. The molecule has 0 aliphatic carbocycles. The highest BCUT2D eigenvalue weighted by Gasteiger charge is 2.27. The number of nitrogens with one attached hydrogen (secondary N) is 2. The van der Waals surface area contributed by atoms with Crippen LogP contribution in [0.15, 0.2) is 0 Å². The average Bonchev–Trinajstić information content (AvgIpc) is 2.27. The predicted molar refractivity (Wildman–Crippen MR) is 59.8 cm³/mol. The van der Waals surface area contributed by atoms with Crippen LogP contribution in [0, 0.1) is 5.92 Å². The third-order valence-corrected chi connectivity index (χ3v) is 2.76. The van der Waals surface area contributed by atoms with Gasteiger partial charge in [-0.2, -0.15) is 0 Å². The molecule has 0 aromatic carbocycles. The first-order chi connectivity index (χ1) is 7.65. The zero-order valence-electron chi connectivity index (χ0n) is 9.91. The lowest BCUT2D eigenvalue weighted by Gasteiger charge is -2.28. The van der Waals surface area contributed by atoms with E-state index in [1.165, 1.54) is 0 Å². The van der Waals surface area contributed by atoms with Crippen LogP contribution in [-0.4, -0.2) is 37.6 Å². The number of amides is 1. The maximum Gasteiger partial charge on any atom is 0.325 e. The summed E-state index contributed by atoms with van der Waals surface area (Å²) in [6, 6.07) is -0.178. The highest BCUT2D eigenvalue weighted by atomic mass is 16.5. The van der Waals surface area contributed by atoms with Crippen LogP contribution >= 0.6 is 0 Å². The fourth-order valence-corrected chi connectivity index (χ4v) is 1.88. The first kappa shape index (κ1) is 13.0. The van der Waals surface area contributed by atoms with Crippen molar-refractivity contribution in [2.45, 2.75) is 32.7 Å². The van der Waals surface area contributed by atoms with Gasteiger partial charge < -0.3 is 15.4 Å². The van der Waals surface area contributed by atoms with E-state index in [-0.39, 0.29) is 24.5 Å². The number of hydrogen-bond donors (Lipinski definition) is 2. The van der Waals surface area contributed by atoms with E-state index in [9.17, 15) is 9.59 Å². The number of rotatable bonds is 4. The van der Waals surface area contributed by atoms with Crippen molar-refractivity contribution in [3.63, 3.8) is 0 Å². The summed E-state index contributed by atoms with van der Waals surface area (Å²) < 4.78 is 4.73. The molecule has 0 radical (unpaired) electrons. The average molecular weight is 228 g/mol. The molecule has 1 aliphatic rings. The summed E-state index contributed by atoms with van der Waals surface area (Å²) in [5.74, 6) is -0.185. The molecule has 2 N–H and O–H groups in total. The van der Waals surface area contributed by atoms with E-state index in [1.54, 1.807) is 6.92 Å². The Labute approximate surface area is 95.9 Å². The van der Waals surface area contributed by atoms with Crippen molar-refractivity contribution >= 4 is 11.9 Å². The molecule has 1 aliphatic heterocycles. The Bertz CT molecular complexity index is 256. The minimum absolute atomic E-state index is 0.0441. The van der Waals surface area contributed by atoms with Crippen LogP contribution in [-0.2, 0) is 14.3 Å². The summed E-state index contributed by atoms with van der Waals surface area (Å²) in [5.41, 5.74) is 0. The lowest BCUT2D eigenvalue weighted by molar-refractivity contribution is -0.143. The van der Waals surface area contributed by atoms with Gasteiger partial charge in [0.2, 0.25) is 5.91 Å². The Kier molecular flexibility index (Phi) is 5.25. The Hall–Kier alpha value is -1.10. The molecule has 5 heteroatoms. The molecule has 0 saturated carbocycles. The Balaban J connectivity index is 2.31. The third kappa shape index (κ3) is 3.81. The molecule has 0 aromatic heterocycles. The van der Waals surface area contributed by atoms with Crippen LogP contribution in [0.25, 0.3) is 0 Å². The molecule has 0 aromatic rings. The molecule has 0 bridgehead atoms. The lowest BCUT2D eigenvalue weighted by Crippen LogP contribution is -2.51. The van der Waals surface area contributed by atoms with E-state index in [0.717, 1.165) is 19.4 Å². The van der Waals surface area contributed by atoms with Crippen LogP contribution < -0.4 is 10.6 Å². The second-order valence-corrected chi connectivity index (χ2v) is 4.07. The van der Waals surface area contributed by atoms with E-state index in [0.29, 0.717) is 12.5 Å². The molecule has 92 valence electrons. The maximum atomic E-state index is 11.7. The Morgan fingerprint density at radius 2 is 2.25 bits per heavy atom. The molecule has 1 saturated heterocycles. The summed E-state index contributed by atoms with van der Waals surface area (Å²) in [6.45, 7) is 4.94. The summed E-state index contributed by atoms with van der Waals surface area (Å²) in [7, 11) is 0. The summed E-state index contributed by atoms with van der Waals surface area (Å²) in [4.78, 5) is 22.8. The molecule has 2 atom stereocenters. The van der Waals surface area contributed by atoms with Gasteiger partial charge in [-0.1, -0.05) is 6.92 Å². The summed E-state index contributed by atoms with van der Waals surface area (Å²) in [6.07, 6.45) is 2.15. The molecule has 16 heavy (non-hydrogen) atoms. The van der Waals surface area contributed by atoms with Crippen molar-refractivity contribution < 1.29 is 14.3 Å². The van der Waals surface area contributed by atoms with Crippen LogP contribution in [0.4, 0.5) is 0 Å². The summed E-state index contributed by atoms with van der Waals surface area (Å²) >= 11 is 0. The molecule has 5 nitrogen and oxygen atoms in total. The molecular formula is C11H20N2O3. The fraction of sp³-hybridized carbons (Fsp3) is 0.818. The maximum absolute atomic E-state index is 11.7. The van der Waals surface area contributed by atoms with Gasteiger partial charge in [-0.3, -0.25) is 9.59 Å². The smallest absolute Gasteiger partial charge is 0.325 e. The van der Waals surface area contributed by atoms with Gasteiger partial charge in [-0.15, -0.1) is 0 Å². The molecular weight excluding hydrogens is 208 g/mol. The van der Waals surface area contributed by atoms with Crippen molar-refractivity contribution in [3.05, 3.63) is 0 Å². The van der Waals surface area contributed by atoms with E-state index in [1.807, 2.05) is 6.92 Å². The largest absolute Gasteiger partial charge is 0.465 e. The van der Waals surface area contributed by atoms with Gasteiger partial charge in [0.05, 0.1) is 12.6 Å². The quantitative estimate of drug-likeness (QED) is 0.667.